The van der Waals surface area contributed by atoms with E-state index in [1.54, 1.807) is 19.3 Å². The molecule has 0 radical (unpaired) electrons. The summed E-state index contributed by atoms with van der Waals surface area (Å²) in [6.07, 6.45) is 4.77. The number of amides is 1. The monoisotopic (exact) mass is 346 g/mol. The Morgan fingerprint density at radius 3 is 2.75 bits per heavy atom. The summed E-state index contributed by atoms with van der Waals surface area (Å²) < 4.78 is 18.0. The average Bonchev–Trinajstić information content (AvgIpc) is 2.89. The summed E-state index contributed by atoms with van der Waals surface area (Å²) in [5.41, 5.74) is 0.631. The fraction of sp³-hybridized carbons (Fsp3) is 0.0714. The van der Waals surface area contributed by atoms with E-state index in [9.17, 15) is 9.18 Å². The lowest BCUT2D eigenvalue weighted by molar-refractivity contribution is 0.213. The Kier molecular flexibility index (Phi) is 4.57. The van der Waals surface area contributed by atoms with Gasteiger partial charge in [-0.1, -0.05) is 11.3 Å². The number of nitrogens with zero attached hydrogens (tertiary/aromatic N) is 4. The summed E-state index contributed by atoms with van der Waals surface area (Å²) in [6.45, 7) is 1.78. The Balaban J connectivity index is 1.70. The van der Waals surface area contributed by atoms with Gasteiger partial charge in [-0.15, -0.1) is 0 Å². The van der Waals surface area contributed by atoms with Crippen LogP contribution >= 0.6 is 11.3 Å². The van der Waals surface area contributed by atoms with Crippen molar-refractivity contribution in [3.63, 3.8) is 0 Å². The largest absolute Gasteiger partial charge is 0.419 e. The van der Waals surface area contributed by atoms with E-state index in [1.165, 1.54) is 29.8 Å². The van der Waals surface area contributed by atoms with Crippen LogP contribution in [0.15, 0.2) is 37.1 Å². The summed E-state index contributed by atoms with van der Waals surface area (Å²) >= 11 is 1.31. The third-order valence-electron chi connectivity index (χ3n) is 2.67. The zero-order valence-corrected chi connectivity index (χ0v) is 13.2. The van der Waals surface area contributed by atoms with Gasteiger partial charge in [-0.25, -0.2) is 29.1 Å². The van der Waals surface area contributed by atoms with Gasteiger partial charge >= 0.3 is 6.09 Å². The minimum Gasteiger partial charge on any atom is -0.388 e. The van der Waals surface area contributed by atoms with Gasteiger partial charge in [-0.05, 0) is 19.1 Å². The molecule has 0 aliphatic heterocycles. The van der Waals surface area contributed by atoms with E-state index in [0.717, 1.165) is 6.20 Å². The zero-order chi connectivity index (χ0) is 16.9. The molecule has 0 aliphatic rings. The molecule has 1 amide bonds. The van der Waals surface area contributed by atoms with Gasteiger partial charge in [-0.2, -0.15) is 0 Å². The molecule has 3 aromatic heterocycles. The maximum absolute atomic E-state index is 12.8. The number of rotatable bonds is 4. The Morgan fingerprint density at radius 2 is 2.04 bits per heavy atom. The highest BCUT2D eigenvalue weighted by molar-refractivity contribution is 7.16. The third kappa shape index (κ3) is 3.98. The average molecular weight is 346 g/mol. The lowest BCUT2D eigenvalue weighted by atomic mass is 10.4. The molecule has 0 spiro atoms. The molecule has 10 heteroatoms. The number of anilines is 3. The van der Waals surface area contributed by atoms with Crippen molar-refractivity contribution in [2.24, 2.45) is 0 Å². The highest BCUT2D eigenvalue weighted by Crippen LogP contribution is 2.33. The van der Waals surface area contributed by atoms with Gasteiger partial charge in [0.05, 0.1) is 29.3 Å². The fourth-order valence-electron chi connectivity index (χ4n) is 1.72. The number of carbonyl (C=O) groups is 1. The number of thiazole rings is 1. The van der Waals surface area contributed by atoms with Crippen LogP contribution in [0.5, 0.6) is 5.88 Å². The topological polar surface area (TPSA) is 102 Å². The SMILES string of the molecule is Cc1nc(OC(=O)Nc2ccc(F)cn2)c(Nc2cncnc2)s1. The van der Waals surface area contributed by atoms with Crippen LogP contribution in [0.4, 0.5) is 25.7 Å². The molecule has 0 atom stereocenters. The smallest absolute Gasteiger partial charge is 0.388 e. The van der Waals surface area contributed by atoms with Crippen molar-refractivity contribution in [2.45, 2.75) is 6.92 Å². The predicted octanol–water partition coefficient (Wildman–Crippen LogP) is 3.13. The van der Waals surface area contributed by atoms with Crippen LogP contribution in [0.2, 0.25) is 0 Å². The second kappa shape index (κ2) is 6.96. The van der Waals surface area contributed by atoms with Crippen molar-refractivity contribution < 1.29 is 13.9 Å². The Morgan fingerprint density at radius 1 is 1.25 bits per heavy atom. The molecule has 3 heterocycles. The normalized spacial score (nSPS) is 10.2. The van der Waals surface area contributed by atoms with E-state index >= 15 is 0 Å². The Bertz CT molecular complexity index is 840. The first kappa shape index (κ1) is 15.7. The minimum atomic E-state index is -0.785. The van der Waals surface area contributed by atoms with E-state index in [1.807, 2.05) is 0 Å². The predicted molar refractivity (Wildman–Crippen MR) is 86.0 cm³/mol. The molecule has 24 heavy (non-hydrogen) atoms. The lowest BCUT2D eigenvalue weighted by Gasteiger charge is -2.07. The van der Waals surface area contributed by atoms with Crippen LogP contribution in [0.25, 0.3) is 0 Å². The van der Waals surface area contributed by atoms with Crippen LogP contribution < -0.4 is 15.4 Å². The highest BCUT2D eigenvalue weighted by Gasteiger charge is 2.15. The third-order valence-corrected chi connectivity index (χ3v) is 3.54. The zero-order valence-electron chi connectivity index (χ0n) is 12.4. The number of nitrogens with one attached hydrogen (secondary N) is 2. The Labute approximate surface area is 139 Å². The summed E-state index contributed by atoms with van der Waals surface area (Å²) in [7, 11) is 0. The second-order valence-electron chi connectivity index (χ2n) is 4.50. The number of hydrogen-bond acceptors (Lipinski definition) is 8. The summed E-state index contributed by atoms with van der Waals surface area (Å²) in [4.78, 5) is 27.6. The van der Waals surface area contributed by atoms with Crippen molar-refractivity contribution in [1.82, 2.24) is 19.9 Å². The van der Waals surface area contributed by atoms with Crippen LogP contribution in [0, 0.1) is 12.7 Å². The van der Waals surface area contributed by atoms with Crippen molar-refractivity contribution in [2.75, 3.05) is 10.6 Å². The first-order valence-electron chi connectivity index (χ1n) is 6.70. The van der Waals surface area contributed by atoms with Crippen LogP contribution in [-0.4, -0.2) is 26.0 Å². The molecular formula is C14H11FN6O2S. The molecule has 3 rings (SSSR count). The van der Waals surface area contributed by atoms with Crippen molar-refractivity contribution >= 4 is 33.9 Å². The van der Waals surface area contributed by atoms with E-state index in [0.29, 0.717) is 15.7 Å². The lowest BCUT2D eigenvalue weighted by Crippen LogP contribution is -2.18. The minimum absolute atomic E-state index is 0.112. The molecule has 0 saturated carbocycles. The molecule has 2 N–H and O–H groups in total. The number of pyridine rings is 1. The first-order valence-corrected chi connectivity index (χ1v) is 7.51. The summed E-state index contributed by atoms with van der Waals surface area (Å²) in [5.74, 6) is -0.221. The van der Waals surface area contributed by atoms with Crippen LogP contribution in [0.1, 0.15) is 5.01 Å². The van der Waals surface area contributed by atoms with Crippen molar-refractivity contribution in [3.05, 3.63) is 47.9 Å². The van der Waals surface area contributed by atoms with Gasteiger partial charge in [0, 0.05) is 0 Å². The number of aryl methyl sites for hydroxylation is 1. The highest BCUT2D eigenvalue weighted by atomic mass is 32.1. The molecule has 0 fully saturated rings. The number of hydrogen-bond donors (Lipinski definition) is 2. The molecule has 0 aromatic carbocycles. The fourth-order valence-corrected chi connectivity index (χ4v) is 2.49. The van der Waals surface area contributed by atoms with Crippen LogP contribution in [-0.2, 0) is 0 Å². The second-order valence-corrected chi connectivity index (χ2v) is 5.70. The molecule has 0 bridgehead atoms. The van der Waals surface area contributed by atoms with Gasteiger partial charge in [0.1, 0.15) is 18.0 Å². The maximum Gasteiger partial charge on any atom is 0.419 e. The number of carbonyl (C=O) groups excluding carboxylic acids is 1. The molecule has 122 valence electrons. The van der Waals surface area contributed by atoms with E-state index in [4.69, 9.17) is 4.74 Å². The molecule has 0 aliphatic carbocycles. The van der Waals surface area contributed by atoms with E-state index in [-0.39, 0.29) is 11.7 Å². The van der Waals surface area contributed by atoms with Gasteiger partial charge in [0.25, 0.3) is 5.88 Å². The van der Waals surface area contributed by atoms with Gasteiger partial charge in [0.15, 0.2) is 5.00 Å². The van der Waals surface area contributed by atoms with Crippen LogP contribution in [0.3, 0.4) is 0 Å². The standard InChI is InChI=1S/C14H11FN6O2S/c1-8-19-12(13(24-8)20-10-5-16-7-17-6-10)23-14(22)21-11-3-2-9(15)4-18-11/h2-7,20H,1H3,(H,18,21,22). The molecular weight excluding hydrogens is 335 g/mol. The van der Waals surface area contributed by atoms with E-state index < -0.39 is 11.9 Å². The molecule has 8 nitrogen and oxygen atoms in total. The van der Waals surface area contributed by atoms with Gasteiger partial charge in [-0.3, -0.25) is 5.32 Å². The molecule has 0 unspecified atom stereocenters. The summed E-state index contributed by atoms with van der Waals surface area (Å²) in [6, 6.07) is 2.50. The van der Waals surface area contributed by atoms with Gasteiger partial charge < -0.3 is 10.1 Å². The van der Waals surface area contributed by atoms with Gasteiger partial charge in [0.2, 0.25) is 0 Å². The number of ether oxygens (including phenoxy) is 1. The molecule has 3 aromatic rings. The van der Waals surface area contributed by atoms with E-state index in [2.05, 4.69) is 30.6 Å². The Hall–Kier alpha value is -3.14. The maximum atomic E-state index is 12.8. The van der Waals surface area contributed by atoms with Crippen molar-refractivity contribution in [1.29, 1.82) is 0 Å². The quantitative estimate of drug-likeness (QED) is 0.748. The number of aromatic nitrogens is 4. The van der Waals surface area contributed by atoms with Crippen molar-refractivity contribution in [3.8, 4) is 5.88 Å². The summed E-state index contributed by atoms with van der Waals surface area (Å²) in [5, 5.41) is 6.66. The number of halogens is 1. The molecule has 0 saturated heterocycles. The first-order chi connectivity index (χ1) is 11.6.